The van der Waals surface area contributed by atoms with Crippen LogP contribution in [0.15, 0.2) is 53.7 Å². The highest BCUT2D eigenvalue weighted by molar-refractivity contribution is 6.08. The van der Waals surface area contributed by atoms with Crippen LogP contribution in [0.2, 0.25) is 0 Å². The molecule has 0 N–H and O–H groups in total. The molecule has 5 aliphatic rings. The van der Waals surface area contributed by atoms with Gasteiger partial charge in [0.1, 0.15) is 5.75 Å². The maximum Gasteiger partial charge on any atom is 0.254 e. The van der Waals surface area contributed by atoms with E-state index in [1.54, 1.807) is 6.21 Å². The van der Waals surface area contributed by atoms with Gasteiger partial charge in [-0.1, -0.05) is 42.5 Å². The summed E-state index contributed by atoms with van der Waals surface area (Å²) in [5.41, 5.74) is 0.793. The van der Waals surface area contributed by atoms with Gasteiger partial charge in [0, 0.05) is 5.56 Å². The second kappa shape index (κ2) is 6.27. The first-order chi connectivity index (χ1) is 14.5. The smallest absolute Gasteiger partial charge is 0.254 e. The molecule has 2 saturated carbocycles. The Hall–Kier alpha value is -2.95. The Morgan fingerprint density at radius 3 is 2.33 bits per heavy atom. The maximum absolute atomic E-state index is 13.2. The molecule has 1 aliphatic heterocycles. The van der Waals surface area contributed by atoms with Crippen molar-refractivity contribution in [1.29, 1.82) is 0 Å². The number of benzene rings is 2. The molecule has 2 aromatic rings. The minimum absolute atomic E-state index is 0.00431. The van der Waals surface area contributed by atoms with E-state index < -0.39 is 0 Å². The van der Waals surface area contributed by atoms with Gasteiger partial charge < -0.3 is 4.74 Å². The summed E-state index contributed by atoms with van der Waals surface area (Å²) < 4.78 is 5.99. The van der Waals surface area contributed by atoms with E-state index in [4.69, 9.17) is 4.74 Å². The number of nitrogens with zero attached hydrogens (tertiary/aromatic N) is 2. The zero-order valence-electron chi connectivity index (χ0n) is 17.1. The van der Waals surface area contributed by atoms with Crippen LogP contribution >= 0.6 is 0 Å². The van der Waals surface area contributed by atoms with E-state index in [0.717, 1.165) is 27.8 Å². The first-order valence-corrected chi connectivity index (χ1v) is 10.8. The van der Waals surface area contributed by atoms with Crippen molar-refractivity contribution in [3.8, 4) is 5.75 Å². The molecule has 1 saturated heterocycles. The van der Waals surface area contributed by atoms with Gasteiger partial charge in [0.25, 0.3) is 11.8 Å². The molecule has 1 heterocycles. The molecule has 3 fully saturated rings. The van der Waals surface area contributed by atoms with Crippen LogP contribution in [0.1, 0.15) is 25.8 Å². The number of carbonyl (C=O) groups is 2. The number of ether oxygens (including phenoxy) is 1. The van der Waals surface area contributed by atoms with Crippen molar-refractivity contribution in [3.63, 3.8) is 0 Å². The summed E-state index contributed by atoms with van der Waals surface area (Å²) in [6.07, 6.45) is 7.15. The van der Waals surface area contributed by atoms with E-state index in [2.05, 4.69) is 17.3 Å². The van der Waals surface area contributed by atoms with Crippen LogP contribution in [-0.4, -0.2) is 29.1 Å². The Morgan fingerprint density at radius 1 is 1.00 bits per heavy atom. The second-order valence-electron chi connectivity index (χ2n) is 9.25. The molecule has 6 atom stereocenters. The van der Waals surface area contributed by atoms with Crippen LogP contribution in [-0.2, 0) is 9.59 Å². The van der Waals surface area contributed by atoms with Crippen molar-refractivity contribution in [2.75, 3.05) is 0 Å². The molecule has 2 amide bonds. The van der Waals surface area contributed by atoms with E-state index in [0.29, 0.717) is 17.6 Å². The van der Waals surface area contributed by atoms with Crippen LogP contribution < -0.4 is 4.74 Å². The van der Waals surface area contributed by atoms with E-state index in [-0.39, 0.29) is 41.6 Å². The number of amides is 2. The Kier molecular flexibility index (Phi) is 3.74. The summed E-state index contributed by atoms with van der Waals surface area (Å²) in [7, 11) is 0. The van der Waals surface area contributed by atoms with E-state index in [1.165, 1.54) is 0 Å². The van der Waals surface area contributed by atoms with Crippen molar-refractivity contribution in [1.82, 2.24) is 5.01 Å². The van der Waals surface area contributed by atoms with Crippen LogP contribution in [0.3, 0.4) is 0 Å². The SMILES string of the molecule is CC(C)Oc1ccc2ccccc2c1/C=N\N1C(=O)[C@@H]2[C@H]3C=C[C@@H]([C@@H]4C[C@H]34)[C@@H]2C1=O. The molecule has 0 radical (unpaired) electrons. The third kappa shape index (κ3) is 2.44. The number of imide groups is 1. The van der Waals surface area contributed by atoms with E-state index >= 15 is 0 Å². The molecule has 5 heteroatoms. The van der Waals surface area contributed by atoms with Gasteiger partial charge in [-0.3, -0.25) is 9.59 Å². The number of hydrogen-bond donors (Lipinski definition) is 0. The summed E-state index contributed by atoms with van der Waals surface area (Å²) in [4.78, 5) is 26.4. The fraction of sp³-hybridized carbons (Fsp3) is 0.400. The van der Waals surface area contributed by atoms with Gasteiger partial charge in [0.15, 0.2) is 0 Å². The van der Waals surface area contributed by atoms with Crippen molar-refractivity contribution in [2.45, 2.75) is 26.4 Å². The normalized spacial score (nSPS) is 33.6. The predicted octanol–water partition coefficient (Wildman–Crippen LogP) is 4.01. The highest BCUT2D eigenvalue weighted by Gasteiger charge is 2.67. The van der Waals surface area contributed by atoms with Gasteiger partial charge in [-0.2, -0.15) is 10.1 Å². The average molecular weight is 400 g/mol. The van der Waals surface area contributed by atoms with E-state index in [1.807, 2.05) is 50.2 Å². The lowest BCUT2D eigenvalue weighted by molar-refractivity contribution is -0.140. The highest BCUT2D eigenvalue weighted by atomic mass is 16.5. The lowest BCUT2D eigenvalue weighted by Gasteiger charge is -2.37. The Morgan fingerprint density at radius 2 is 1.67 bits per heavy atom. The molecule has 7 rings (SSSR count). The second-order valence-corrected chi connectivity index (χ2v) is 9.25. The Labute approximate surface area is 175 Å². The molecular weight excluding hydrogens is 376 g/mol. The van der Waals surface area contributed by atoms with Crippen molar-refractivity contribution >= 4 is 28.8 Å². The molecule has 152 valence electrons. The molecule has 2 aromatic carbocycles. The van der Waals surface area contributed by atoms with Crippen LogP contribution in [0, 0.1) is 35.5 Å². The molecule has 5 nitrogen and oxygen atoms in total. The molecule has 0 unspecified atom stereocenters. The van der Waals surface area contributed by atoms with Gasteiger partial charge in [-0.05, 0) is 60.8 Å². The Bertz CT molecular complexity index is 1100. The topological polar surface area (TPSA) is 59.0 Å². The van der Waals surface area contributed by atoms with Crippen LogP contribution in [0.5, 0.6) is 5.75 Å². The first kappa shape index (κ1) is 17.9. The number of rotatable bonds is 4. The average Bonchev–Trinajstić information content (AvgIpc) is 3.52. The lowest BCUT2D eigenvalue weighted by Crippen LogP contribution is -2.40. The van der Waals surface area contributed by atoms with Gasteiger partial charge >= 0.3 is 0 Å². The molecule has 0 spiro atoms. The van der Waals surface area contributed by atoms with Crippen LogP contribution in [0.25, 0.3) is 10.8 Å². The van der Waals surface area contributed by atoms with Crippen molar-refractivity contribution < 1.29 is 14.3 Å². The quantitative estimate of drug-likeness (QED) is 0.443. The van der Waals surface area contributed by atoms with E-state index in [9.17, 15) is 9.59 Å². The molecular formula is C25H24N2O3. The number of allylic oxidation sites excluding steroid dienone is 2. The van der Waals surface area contributed by atoms with Crippen molar-refractivity contribution in [3.05, 3.63) is 54.1 Å². The van der Waals surface area contributed by atoms with Gasteiger partial charge in [0.2, 0.25) is 0 Å². The minimum Gasteiger partial charge on any atom is -0.490 e. The van der Waals surface area contributed by atoms with Gasteiger partial charge in [0.05, 0.1) is 24.2 Å². The largest absolute Gasteiger partial charge is 0.490 e. The lowest BCUT2D eigenvalue weighted by atomic mass is 9.63. The van der Waals surface area contributed by atoms with Gasteiger partial charge in [-0.25, -0.2) is 0 Å². The Balaban J connectivity index is 1.38. The van der Waals surface area contributed by atoms with Crippen molar-refractivity contribution in [2.24, 2.45) is 40.6 Å². The third-order valence-electron chi connectivity index (χ3n) is 7.24. The number of hydrogen-bond acceptors (Lipinski definition) is 4. The zero-order valence-corrected chi connectivity index (χ0v) is 17.1. The summed E-state index contributed by atoms with van der Waals surface area (Å²) in [5, 5.41) is 7.61. The predicted molar refractivity (Wildman–Crippen MR) is 114 cm³/mol. The molecule has 30 heavy (non-hydrogen) atoms. The highest BCUT2D eigenvalue weighted by Crippen LogP contribution is 2.65. The number of hydrazone groups is 1. The fourth-order valence-corrected chi connectivity index (χ4v) is 5.94. The molecule has 4 aliphatic carbocycles. The summed E-state index contributed by atoms with van der Waals surface area (Å²) in [6, 6.07) is 11.9. The van der Waals surface area contributed by atoms with Gasteiger partial charge in [-0.15, -0.1) is 0 Å². The van der Waals surface area contributed by atoms with Crippen LogP contribution in [0.4, 0.5) is 0 Å². The number of fused-ring (bicyclic) bond motifs is 1. The number of carbonyl (C=O) groups excluding carboxylic acids is 2. The molecule has 2 bridgehead atoms. The summed E-state index contributed by atoms with van der Waals surface area (Å²) in [5.74, 6) is 1.55. The maximum atomic E-state index is 13.2. The standard InChI is InChI=1S/C25H24N2O3/c1-13(2)30-21-10-7-14-5-3-4-6-15(14)20(21)12-26-27-24(28)22-16-8-9-17(19-11-18(16)19)23(22)25(27)29/h3-10,12-13,16-19,22-23H,11H2,1-2H3/b26-12-/t16-,17-,18-,19+,22-,23+/m0/s1. The molecule has 0 aromatic heterocycles. The first-order valence-electron chi connectivity index (χ1n) is 10.8. The summed E-state index contributed by atoms with van der Waals surface area (Å²) >= 11 is 0. The third-order valence-corrected chi connectivity index (χ3v) is 7.24. The summed E-state index contributed by atoms with van der Waals surface area (Å²) in [6.45, 7) is 3.95. The zero-order chi connectivity index (χ0) is 20.6. The monoisotopic (exact) mass is 400 g/mol. The minimum atomic E-state index is -0.229. The fourth-order valence-electron chi connectivity index (χ4n) is 5.94.